The SMILES string of the molecule is Clc1ccc(OCc2cccs2)cc1. The third-order valence-corrected chi connectivity index (χ3v) is 2.88. The largest absolute Gasteiger partial charge is 0.488 e. The van der Waals surface area contributed by atoms with E-state index in [1.54, 1.807) is 11.3 Å². The number of rotatable bonds is 3. The molecule has 0 aliphatic rings. The molecule has 1 heterocycles. The van der Waals surface area contributed by atoms with Crippen LogP contribution < -0.4 is 4.74 Å². The van der Waals surface area contributed by atoms with E-state index in [4.69, 9.17) is 16.3 Å². The van der Waals surface area contributed by atoms with Gasteiger partial charge in [-0.05, 0) is 35.7 Å². The highest BCUT2D eigenvalue weighted by molar-refractivity contribution is 7.09. The molecule has 0 aliphatic heterocycles. The fraction of sp³-hybridized carbons (Fsp3) is 0.0909. The molecule has 1 nitrogen and oxygen atoms in total. The minimum absolute atomic E-state index is 0.624. The fourth-order valence-electron chi connectivity index (χ4n) is 1.08. The second kappa shape index (κ2) is 4.49. The summed E-state index contributed by atoms with van der Waals surface area (Å²) >= 11 is 7.45. The average molecular weight is 225 g/mol. The molecule has 0 atom stereocenters. The van der Waals surface area contributed by atoms with Crippen LogP contribution in [0.15, 0.2) is 41.8 Å². The summed E-state index contributed by atoms with van der Waals surface area (Å²) in [7, 11) is 0. The Labute approximate surface area is 91.9 Å². The predicted octanol–water partition coefficient (Wildman–Crippen LogP) is 3.98. The van der Waals surface area contributed by atoms with E-state index in [1.807, 2.05) is 35.7 Å². The van der Waals surface area contributed by atoms with Gasteiger partial charge in [-0.2, -0.15) is 0 Å². The van der Waals surface area contributed by atoms with Gasteiger partial charge < -0.3 is 4.74 Å². The van der Waals surface area contributed by atoms with Crippen LogP contribution in [0.2, 0.25) is 5.02 Å². The van der Waals surface area contributed by atoms with Gasteiger partial charge in [0.25, 0.3) is 0 Å². The Bertz CT molecular complexity index is 380. The summed E-state index contributed by atoms with van der Waals surface area (Å²) in [4.78, 5) is 1.22. The Balaban J connectivity index is 1.95. The minimum Gasteiger partial charge on any atom is -0.488 e. The van der Waals surface area contributed by atoms with Gasteiger partial charge in [-0.1, -0.05) is 17.7 Å². The van der Waals surface area contributed by atoms with Gasteiger partial charge in [-0.15, -0.1) is 11.3 Å². The average Bonchev–Trinajstić information content (AvgIpc) is 2.70. The molecule has 2 aromatic rings. The first-order valence-corrected chi connectivity index (χ1v) is 5.51. The summed E-state index contributed by atoms with van der Waals surface area (Å²) in [5.41, 5.74) is 0. The Morgan fingerprint density at radius 1 is 1.14 bits per heavy atom. The molecule has 0 saturated heterocycles. The monoisotopic (exact) mass is 224 g/mol. The second-order valence-corrected chi connectivity index (χ2v) is 4.29. The highest BCUT2D eigenvalue weighted by atomic mass is 35.5. The molecular formula is C11H9ClOS. The van der Waals surface area contributed by atoms with E-state index in [1.165, 1.54) is 4.88 Å². The zero-order valence-corrected chi connectivity index (χ0v) is 9.02. The lowest BCUT2D eigenvalue weighted by atomic mass is 10.3. The molecule has 3 heteroatoms. The van der Waals surface area contributed by atoms with Crippen molar-refractivity contribution in [1.29, 1.82) is 0 Å². The van der Waals surface area contributed by atoms with Crippen LogP contribution >= 0.6 is 22.9 Å². The van der Waals surface area contributed by atoms with Crippen molar-refractivity contribution in [3.05, 3.63) is 51.7 Å². The van der Waals surface area contributed by atoms with Crippen LogP contribution in [0.1, 0.15) is 4.88 Å². The van der Waals surface area contributed by atoms with Crippen LogP contribution in [-0.2, 0) is 6.61 Å². The summed E-state index contributed by atoms with van der Waals surface area (Å²) in [6.07, 6.45) is 0. The van der Waals surface area contributed by atoms with Gasteiger partial charge in [0.2, 0.25) is 0 Å². The van der Waals surface area contributed by atoms with Crippen molar-refractivity contribution in [2.45, 2.75) is 6.61 Å². The minimum atomic E-state index is 0.624. The van der Waals surface area contributed by atoms with E-state index in [0.29, 0.717) is 6.61 Å². The smallest absolute Gasteiger partial charge is 0.122 e. The zero-order valence-electron chi connectivity index (χ0n) is 7.44. The predicted molar refractivity (Wildman–Crippen MR) is 60.1 cm³/mol. The molecule has 0 N–H and O–H groups in total. The number of ether oxygens (including phenoxy) is 1. The Kier molecular flexibility index (Phi) is 3.07. The molecule has 1 aromatic carbocycles. The van der Waals surface area contributed by atoms with Crippen LogP contribution in [0.3, 0.4) is 0 Å². The lowest BCUT2D eigenvalue weighted by Gasteiger charge is -2.03. The van der Waals surface area contributed by atoms with E-state index >= 15 is 0 Å². The summed E-state index contributed by atoms with van der Waals surface area (Å²) in [5.74, 6) is 0.850. The van der Waals surface area contributed by atoms with E-state index in [-0.39, 0.29) is 0 Å². The maximum atomic E-state index is 5.76. The Morgan fingerprint density at radius 3 is 2.57 bits per heavy atom. The number of halogens is 1. The van der Waals surface area contributed by atoms with Gasteiger partial charge in [0, 0.05) is 9.90 Å². The second-order valence-electron chi connectivity index (χ2n) is 2.82. The van der Waals surface area contributed by atoms with Crippen LogP contribution in [0, 0.1) is 0 Å². The molecule has 14 heavy (non-hydrogen) atoms. The number of thiophene rings is 1. The van der Waals surface area contributed by atoms with Crippen molar-refractivity contribution < 1.29 is 4.74 Å². The van der Waals surface area contributed by atoms with E-state index < -0.39 is 0 Å². The van der Waals surface area contributed by atoms with Crippen LogP contribution in [0.4, 0.5) is 0 Å². The molecule has 0 saturated carbocycles. The normalized spacial score (nSPS) is 10.1. The zero-order chi connectivity index (χ0) is 9.80. The van der Waals surface area contributed by atoms with Gasteiger partial charge in [0.15, 0.2) is 0 Å². The van der Waals surface area contributed by atoms with Crippen molar-refractivity contribution >= 4 is 22.9 Å². The first kappa shape index (κ1) is 9.56. The van der Waals surface area contributed by atoms with E-state index in [9.17, 15) is 0 Å². The molecule has 0 unspecified atom stereocenters. The summed E-state index contributed by atoms with van der Waals surface area (Å²) in [6.45, 7) is 0.624. The van der Waals surface area contributed by atoms with Gasteiger partial charge in [-0.3, -0.25) is 0 Å². The van der Waals surface area contributed by atoms with Crippen molar-refractivity contribution in [3.8, 4) is 5.75 Å². The molecular weight excluding hydrogens is 216 g/mol. The lowest BCUT2D eigenvalue weighted by Crippen LogP contribution is -1.91. The number of benzene rings is 1. The van der Waals surface area contributed by atoms with E-state index in [0.717, 1.165) is 10.8 Å². The molecule has 72 valence electrons. The Morgan fingerprint density at radius 2 is 1.93 bits per heavy atom. The van der Waals surface area contributed by atoms with Crippen LogP contribution in [0.25, 0.3) is 0 Å². The van der Waals surface area contributed by atoms with E-state index in [2.05, 4.69) is 6.07 Å². The van der Waals surface area contributed by atoms with Crippen molar-refractivity contribution in [2.24, 2.45) is 0 Å². The summed E-state index contributed by atoms with van der Waals surface area (Å²) < 4.78 is 5.56. The van der Waals surface area contributed by atoms with Crippen molar-refractivity contribution in [3.63, 3.8) is 0 Å². The van der Waals surface area contributed by atoms with Gasteiger partial charge in [-0.25, -0.2) is 0 Å². The van der Waals surface area contributed by atoms with Gasteiger partial charge in [0.05, 0.1) is 0 Å². The molecule has 0 spiro atoms. The van der Waals surface area contributed by atoms with Gasteiger partial charge in [0.1, 0.15) is 12.4 Å². The topological polar surface area (TPSA) is 9.23 Å². The summed E-state index contributed by atoms with van der Waals surface area (Å²) in [5, 5.41) is 2.77. The molecule has 0 amide bonds. The van der Waals surface area contributed by atoms with Crippen LogP contribution in [-0.4, -0.2) is 0 Å². The number of hydrogen-bond donors (Lipinski definition) is 0. The maximum Gasteiger partial charge on any atom is 0.122 e. The molecule has 0 fully saturated rings. The fourth-order valence-corrected chi connectivity index (χ4v) is 1.82. The summed E-state index contributed by atoms with van der Waals surface area (Å²) in [6, 6.07) is 11.5. The Hall–Kier alpha value is -0.990. The van der Waals surface area contributed by atoms with Crippen LogP contribution in [0.5, 0.6) is 5.75 Å². The quantitative estimate of drug-likeness (QED) is 0.766. The van der Waals surface area contributed by atoms with Crippen molar-refractivity contribution in [1.82, 2.24) is 0 Å². The molecule has 0 radical (unpaired) electrons. The first-order chi connectivity index (χ1) is 6.84. The molecule has 2 rings (SSSR count). The maximum absolute atomic E-state index is 5.76. The number of hydrogen-bond acceptors (Lipinski definition) is 2. The highest BCUT2D eigenvalue weighted by Crippen LogP contribution is 2.18. The molecule has 1 aromatic heterocycles. The third kappa shape index (κ3) is 2.50. The lowest BCUT2D eigenvalue weighted by molar-refractivity contribution is 0.310. The highest BCUT2D eigenvalue weighted by Gasteiger charge is 1.96. The standard InChI is InChI=1S/C11H9ClOS/c12-9-3-5-10(6-4-9)13-8-11-2-1-7-14-11/h1-7H,8H2. The van der Waals surface area contributed by atoms with Crippen molar-refractivity contribution in [2.75, 3.05) is 0 Å². The molecule has 0 aliphatic carbocycles. The first-order valence-electron chi connectivity index (χ1n) is 4.25. The third-order valence-electron chi connectivity index (χ3n) is 1.77. The molecule has 0 bridgehead atoms. The van der Waals surface area contributed by atoms with Gasteiger partial charge >= 0.3 is 0 Å².